The summed E-state index contributed by atoms with van der Waals surface area (Å²) in [5.74, 6) is 0.217. The predicted molar refractivity (Wildman–Crippen MR) is 84.6 cm³/mol. The monoisotopic (exact) mass is 276 g/mol. The first-order valence-corrected chi connectivity index (χ1v) is 7.41. The third-order valence-electron chi connectivity index (χ3n) is 3.65. The first-order chi connectivity index (χ1) is 9.38. The molecular formula is C17H28N2O. The highest BCUT2D eigenvalue weighted by Gasteiger charge is 2.22. The van der Waals surface area contributed by atoms with Crippen LogP contribution in [0.25, 0.3) is 0 Å². The highest BCUT2D eigenvalue weighted by atomic mass is 16.2. The summed E-state index contributed by atoms with van der Waals surface area (Å²) >= 11 is 0. The Morgan fingerprint density at radius 1 is 1.25 bits per heavy atom. The first-order valence-electron chi connectivity index (χ1n) is 7.41. The van der Waals surface area contributed by atoms with Crippen molar-refractivity contribution < 1.29 is 4.79 Å². The van der Waals surface area contributed by atoms with Crippen molar-refractivity contribution in [3.8, 4) is 0 Å². The number of hydrogen-bond donors (Lipinski definition) is 1. The van der Waals surface area contributed by atoms with Gasteiger partial charge in [-0.25, -0.2) is 0 Å². The molecule has 0 heterocycles. The number of hydrogen-bond acceptors (Lipinski definition) is 2. The molecule has 1 amide bonds. The fraction of sp³-hybridized carbons (Fsp3) is 0.588. The quantitative estimate of drug-likeness (QED) is 0.832. The van der Waals surface area contributed by atoms with Crippen LogP contribution in [0.5, 0.6) is 0 Å². The van der Waals surface area contributed by atoms with E-state index in [0.29, 0.717) is 13.0 Å². The number of amides is 1. The summed E-state index contributed by atoms with van der Waals surface area (Å²) in [7, 11) is 0. The largest absolute Gasteiger partial charge is 0.342 e. The molecule has 2 N–H and O–H groups in total. The van der Waals surface area contributed by atoms with E-state index in [0.717, 1.165) is 19.5 Å². The Hall–Kier alpha value is -1.35. The molecule has 0 spiro atoms. The van der Waals surface area contributed by atoms with Crippen LogP contribution in [0.1, 0.15) is 38.3 Å². The lowest BCUT2D eigenvalue weighted by atomic mass is 9.93. The Balaban J connectivity index is 2.53. The Morgan fingerprint density at radius 3 is 2.35 bits per heavy atom. The van der Waals surface area contributed by atoms with Gasteiger partial charge in [0.1, 0.15) is 0 Å². The van der Waals surface area contributed by atoms with Gasteiger partial charge in [-0.15, -0.1) is 0 Å². The highest BCUT2D eigenvalue weighted by molar-refractivity contribution is 5.76. The molecule has 0 aliphatic heterocycles. The molecule has 0 atom stereocenters. The van der Waals surface area contributed by atoms with E-state index in [1.807, 2.05) is 11.8 Å². The standard InChI is InChI=1S/C17H28N2O/c1-5-19(13-17(3,4)12-18)16(20)11-10-15-8-6-14(2)7-9-15/h6-9H,5,10-13,18H2,1-4H3. The van der Waals surface area contributed by atoms with Gasteiger partial charge in [-0.3, -0.25) is 4.79 Å². The molecule has 0 saturated carbocycles. The van der Waals surface area contributed by atoms with Crippen LogP contribution in [0.3, 0.4) is 0 Å². The fourth-order valence-corrected chi connectivity index (χ4v) is 2.12. The van der Waals surface area contributed by atoms with E-state index in [9.17, 15) is 4.79 Å². The molecule has 3 heteroatoms. The molecule has 0 radical (unpaired) electrons. The Morgan fingerprint density at radius 2 is 1.85 bits per heavy atom. The number of nitrogens with two attached hydrogens (primary N) is 1. The molecule has 0 bridgehead atoms. The van der Waals surface area contributed by atoms with Gasteiger partial charge in [0, 0.05) is 19.5 Å². The summed E-state index contributed by atoms with van der Waals surface area (Å²) in [5, 5.41) is 0. The van der Waals surface area contributed by atoms with Gasteiger partial charge < -0.3 is 10.6 Å². The number of nitrogens with zero attached hydrogens (tertiary/aromatic N) is 1. The summed E-state index contributed by atoms with van der Waals surface area (Å²) < 4.78 is 0. The minimum atomic E-state index is -0.0183. The molecule has 0 fully saturated rings. The average Bonchev–Trinajstić information content (AvgIpc) is 2.44. The van der Waals surface area contributed by atoms with E-state index in [2.05, 4.69) is 45.0 Å². The molecule has 0 unspecified atom stereocenters. The number of benzene rings is 1. The fourth-order valence-electron chi connectivity index (χ4n) is 2.12. The van der Waals surface area contributed by atoms with Gasteiger partial charge in [0.2, 0.25) is 5.91 Å². The maximum Gasteiger partial charge on any atom is 0.222 e. The predicted octanol–water partition coefficient (Wildman–Crippen LogP) is 2.76. The molecule has 1 aromatic carbocycles. The third-order valence-corrected chi connectivity index (χ3v) is 3.65. The van der Waals surface area contributed by atoms with Crippen LogP contribution in [0.2, 0.25) is 0 Å². The molecule has 20 heavy (non-hydrogen) atoms. The van der Waals surface area contributed by atoms with Gasteiger partial charge in [0.25, 0.3) is 0 Å². The van der Waals surface area contributed by atoms with Gasteiger partial charge >= 0.3 is 0 Å². The minimum absolute atomic E-state index is 0.0183. The molecule has 3 nitrogen and oxygen atoms in total. The normalized spacial score (nSPS) is 11.4. The Kier molecular flexibility index (Phi) is 6.21. The van der Waals surface area contributed by atoms with Crippen LogP contribution >= 0.6 is 0 Å². The smallest absolute Gasteiger partial charge is 0.222 e. The molecule has 0 saturated heterocycles. The maximum atomic E-state index is 12.3. The van der Waals surface area contributed by atoms with Crippen molar-refractivity contribution in [1.82, 2.24) is 4.90 Å². The van der Waals surface area contributed by atoms with Crippen LogP contribution < -0.4 is 5.73 Å². The first kappa shape index (κ1) is 16.7. The van der Waals surface area contributed by atoms with Crippen molar-refractivity contribution in [3.63, 3.8) is 0 Å². The summed E-state index contributed by atoms with van der Waals surface area (Å²) in [4.78, 5) is 14.2. The second kappa shape index (κ2) is 7.44. The Labute approximate surface area is 123 Å². The van der Waals surface area contributed by atoms with Crippen molar-refractivity contribution in [2.75, 3.05) is 19.6 Å². The van der Waals surface area contributed by atoms with Crippen molar-refractivity contribution in [2.24, 2.45) is 11.1 Å². The summed E-state index contributed by atoms with van der Waals surface area (Å²) in [5.41, 5.74) is 8.20. The number of rotatable bonds is 7. The lowest BCUT2D eigenvalue weighted by Gasteiger charge is -2.31. The number of carbonyl (C=O) groups is 1. The summed E-state index contributed by atoms with van der Waals surface area (Å²) in [6.45, 7) is 10.4. The van der Waals surface area contributed by atoms with Crippen LogP contribution in [-0.2, 0) is 11.2 Å². The zero-order valence-corrected chi connectivity index (χ0v) is 13.3. The molecule has 0 aliphatic rings. The van der Waals surface area contributed by atoms with Gasteiger partial charge in [-0.1, -0.05) is 43.7 Å². The molecular weight excluding hydrogens is 248 g/mol. The van der Waals surface area contributed by atoms with Crippen molar-refractivity contribution in [2.45, 2.75) is 40.5 Å². The van der Waals surface area contributed by atoms with Gasteiger partial charge in [0.15, 0.2) is 0 Å². The van der Waals surface area contributed by atoms with Gasteiger partial charge in [-0.05, 0) is 37.8 Å². The number of carbonyl (C=O) groups excluding carboxylic acids is 1. The molecule has 1 rings (SSSR count). The van der Waals surface area contributed by atoms with Crippen molar-refractivity contribution in [3.05, 3.63) is 35.4 Å². The third kappa shape index (κ3) is 5.33. The van der Waals surface area contributed by atoms with Crippen LogP contribution in [0.4, 0.5) is 0 Å². The summed E-state index contributed by atoms with van der Waals surface area (Å²) in [6.07, 6.45) is 1.37. The van der Waals surface area contributed by atoms with Gasteiger partial charge in [-0.2, -0.15) is 0 Å². The second-order valence-corrected chi connectivity index (χ2v) is 6.26. The molecule has 0 aromatic heterocycles. The average molecular weight is 276 g/mol. The zero-order valence-electron chi connectivity index (χ0n) is 13.3. The van der Waals surface area contributed by atoms with E-state index in [-0.39, 0.29) is 11.3 Å². The Bertz CT molecular complexity index is 423. The van der Waals surface area contributed by atoms with Crippen molar-refractivity contribution >= 4 is 5.91 Å². The highest BCUT2D eigenvalue weighted by Crippen LogP contribution is 2.16. The van der Waals surface area contributed by atoms with E-state index in [1.54, 1.807) is 0 Å². The SMILES string of the molecule is CCN(CC(C)(C)CN)C(=O)CCc1ccc(C)cc1. The second-order valence-electron chi connectivity index (χ2n) is 6.26. The van der Waals surface area contributed by atoms with Crippen LogP contribution in [0.15, 0.2) is 24.3 Å². The van der Waals surface area contributed by atoms with Gasteiger partial charge in [0.05, 0.1) is 0 Å². The zero-order chi connectivity index (χ0) is 15.2. The molecule has 112 valence electrons. The summed E-state index contributed by atoms with van der Waals surface area (Å²) in [6, 6.07) is 8.38. The van der Waals surface area contributed by atoms with E-state index >= 15 is 0 Å². The van der Waals surface area contributed by atoms with E-state index in [1.165, 1.54) is 11.1 Å². The van der Waals surface area contributed by atoms with Crippen LogP contribution in [-0.4, -0.2) is 30.4 Å². The maximum absolute atomic E-state index is 12.3. The van der Waals surface area contributed by atoms with E-state index in [4.69, 9.17) is 5.73 Å². The molecule has 0 aliphatic carbocycles. The van der Waals surface area contributed by atoms with E-state index < -0.39 is 0 Å². The molecule has 1 aromatic rings. The lowest BCUT2D eigenvalue weighted by molar-refractivity contribution is -0.132. The topological polar surface area (TPSA) is 46.3 Å². The minimum Gasteiger partial charge on any atom is -0.342 e. The lowest BCUT2D eigenvalue weighted by Crippen LogP contribution is -2.42. The van der Waals surface area contributed by atoms with Crippen LogP contribution in [0, 0.1) is 12.3 Å². The van der Waals surface area contributed by atoms with Crippen molar-refractivity contribution in [1.29, 1.82) is 0 Å². The number of aryl methyl sites for hydroxylation is 2.